The monoisotopic (exact) mass is 546 g/mol. The number of ether oxygens (including phenoxy) is 4. The minimum absolute atomic E-state index is 0.126. The number of cyclic esters (lactones) is 1. The summed E-state index contributed by atoms with van der Waals surface area (Å²) >= 11 is 0. The largest absolute Gasteiger partial charge is 0.458 e. The van der Waals surface area contributed by atoms with Crippen molar-refractivity contribution in [2.24, 2.45) is 28.6 Å². The van der Waals surface area contributed by atoms with Crippen LogP contribution in [0.3, 0.4) is 0 Å². The average Bonchev–Trinajstić information content (AvgIpc) is 3.38. The summed E-state index contributed by atoms with van der Waals surface area (Å²) in [5, 5.41) is 45.6. The third-order valence-corrected chi connectivity index (χ3v) is 11.6. The van der Waals surface area contributed by atoms with Crippen molar-refractivity contribution in [2.75, 3.05) is 6.61 Å². The van der Waals surface area contributed by atoms with Crippen LogP contribution < -0.4 is 0 Å². The van der Waals surface area contributed by atoms with Gasteiger partial charge >= 0.3 is 5.97 Å². The molecule has 0 bridgehead atoms. The Morgan fingerprint density at radius 3 is 2.62 bits per heavy atom. The van der Waals surface area contributed by atoms with Crippen molar-refractivity contribution < 1.29 is 49.0 Å². The summed E-state index contributed by atoms with van der Waals surface area (Å²) in [6.07, 6.45) is 2.81. The zero-order valence-electron chi connectivity index (χ0n) is 22.3. The Kier molecular flexibility index (Phi) is 5.68. The number of aliphatic hydroxyl groups is 4. The lowest BCUT2D eigenvalue weighted by Crippen LogP contribution is -2.70. The molecule has 4 N–H and O–H groups in total. The Hall–Kier alpha value is -1.66. The molecular formula is C29H38O10. The van der Waals surface area contributed by atoms with E-state index in [0.29, 0.717) is 25.7 Å². The normalized spacial score (nSPS) is 56.2. The van der Waals surface area contributed by atoms with E-state index in [2.05, 4.69) is 6.08 Å². The fraction of sp³-hybridized carbons (Fsp3) is 0.793. The minimum Gasteiger partial charge on any atom is -0.458 e. The lowest BCUT2D eigenvalue weighted by molar-refractivity contribution is -0.453. The van der Waals surface area contributed by atoms with Crippen molar-refractivity contribution in [1.82, 2.24) is 0 Å². The molecule has 0 aromatic carbocycles. The van der Waals surface area contributed by atoms with Crippen LogP contribution in [0.1, 0.15) is 58.8 Å². The molecule has 0 aromatic rings. The molecule has 3 heterocycles. The lowest BCUT2D eigenvalue weighted by Gasteiger charge is -2.62. The van der Waals surface area contributed by atoms with Crippen LogP contribution in [-0.4, -0.2) is 87.5 Å². The molecule has 0 amide bonds. The van der Waals surface area contributed by atoms with Gasteiger partial charge in [0.2, 0.25) is 12.1 Å². The number of aldehydes is 1. The van der Waals surface area contributed by atoms with Crippen LogP contribution >= 0.6 is 0 Å². The van der Waals surface area contributed by atoms with Crippen molar-refractivity contribution in [3.8, 4) is 0 Å². The summed E-state index contributed by atoms with van der Waals surface area (Å²) in [4.78, 5) is 24.9. The molecule has 10 heteroatoms. The van der Waals surface area contributed by atoms with Gasteiger partial charge in [0.25, 0.3) is 0 Å². The SMILES string of the molecule is C[C@@H]1C[C@H](O)[C@]2(O)O[C@@H]3C[C@@]4(C=O)C(=CC[C@@H]5[C@@H]4CC[C@]4(C)[C@@H](C6=CC(=O)OC6)[C@H](O)C[C@]54O)C[C@H]3O[C@@H]2O1. The van der Waals surface area contributed by atoms with E-state index in [4.69, 9.17) is 18.9 Å². The van der Waals surface area contributed by atoms with Gasteiger partial charge in [-0.15, -0.1) is 0 Å². The number of rotatable bonds is 2. The van der Waals surface area contributed by atoms with Gasteiger partial charge in [-0.05, 0) is 56.4 Å². The highest BCUT2D eigenvalue weighted by Crippen LogP contribution is 2.69. The van der Waals surface area contributed by atoms with Crippen LogP contribution in [0.15, 0.2) is 23.3 Å². The van der Waals surface area contributed by atoms with E-state index in [1.54, 1.807) is 6.92 Å². The van der Waals surface area contributed by atoms with Gasteiger partial charge in [-0.2, -0.15) is 0 Å². The first kappa shape index (κ1) is 26.3. The summed E-state index contributed by atoms with van der Waals surface area (Å²) < 4.78 is 23.3. The first-order valence-electron chi connectivity index (χ1n) is 14.3. The Morgan fingerprint density at radius 2 is 1.90 bits per heavy atom. The Balaban J connectivity index is 1.22. The number of carbonyl (C=O) groups excluding carboxylic acids is 2. The third kappa shape index (κ3) is 3.34. The molecule has 0 unspecified atom stereocenters. The second-order valence-electron chi connectivity index (χ2n) is 13.3. The van der Waals surface area contributed by atoms with Gasteiger partial charge in [0.1, 0.15) is 19.0 Å². The summed E-state index contributed by atoms with van der Waals surface area (Å²) in [6.45, 7) is 3.93. The van der Waals surface area contributed by atoms with Crippen molar-refractivity contribution in [2.45, 2.75) is 107 Å². The number of esters is 1. The smallest absolute Gasteiger partial charge is 0.331 e. The lowest BCUT2D eigenvalue weighted by atomic mass is 9.45. The van der Waals surface area contributed by atoms with E-state index in [9.17, 15) is 30.0 Å². The maximum atomic E-state index is 13.1. The molecule has 39 heavy (non-hydrogen) atoms. The van der Waals surface area contributed by atoms with E-state index in [0.717, 1.165) is 17.4 Å². The van der Waals surface area contributed by atoms with Crippen molar-refractivity contribution in [3.05, 3.63) is 23.3 Å². The standard InChI is InChI=1S/C29H38O10/c1-14-7-22(32)29(35)25(37-14)38-20-9-16-3-4-18-17(27(16,13-30)11-21(20)39-29)5-6-26(2)24(15-8-23(33)36-12-15)19(31)10-28(18,26)34/h3,8,13-14,17-22,24-25,31-32,34-35H,4-7,9-12H2,1-2H3/t14-,17+,18-,19-,20-,21-,22+,24+,25+,26-,27-,28+,29+/m1/s1. The molecule has 7 rings (SSSR count). The molecule has 0 spiro atoms. The topological polar surface area (TPSA) is 152 Å². The number of aliphatic hydroxyl groups excluding tert-OH is 2. The minimum atomic E-state index is -2.02. The summed E-state index contributed by atoms with van der Waals surface area (Å²) in [6, 6.07) is 0. The van der Waals surface area contributed by atoms with Crippen LogP contribution in [-0.2, 0) is 28.5 Å². The predicted molar refractivity (Wildman–Crippen MR) is 133 cm³/mol. The summed E-state index contributed by atoms with van der Waals surface area (Å²) in [5.74, 6) is -3.33. The van der Waals surface area contributed by atoms with E-state index in [1.807, 2.05) is 6.92 Å². The number of carbonyl (C=O) groups is 2. The van der Waals surface area contributed by atoms with E-state index in [-0.39, 0.29) is 43.8 Å². The molecule has 7 aliphatic rings. The maximum Gasteiger partial charge on any atom is 0.331 e. The molecule has 4 aliphatic carbocycles. The molecule has 5 fully saturated rings. The molecule has 0 aromatic heterocycles. The first-order chi connectivity index (χ1) is 18.4. The van der Waals surface area contributed by atoms with E-state index < -0.39 is 64.8 Å². The number of fused-ring (bicyclic) bond motifs is 7. The fourth-order valence-electron chi connectivity index (χ4n) is 9.70. The van der Waals surface area contributed by atoms with Crippen LogP contribution in [0.25, 0.3) is 0 Å². The quantitative estimate of drug-likeness (QED) is 0.223. The van der Waals surface area contributed by atoms with Crippen LogP contribution in [0.5, 0.6) is 0 Å². The summed E-state index contributed by atoms with van der Waals surface area (Å²) in [7, 11) is 0. The molecule has 2 saturated heterocycles. The van der Waals surface area contributed by atoms with Crippen molar-refractivity contribution in [3.63, 3.8) is 0 Å². The first-order valence-corrected chi connectivity index (χ1v) is 14.3. The highest BCUT2D eigenvalue weighted by molar-refractivity contribution is 5.85. The van der Waals surface area contributed by atoms with Crippen molar-refractivity contribution in [1.29, 1.82) is 0 Å². The van der Waals surface area contributed by atoms with Gasteiger partial charge in [-0.1, -0.05) is 18.6 Å². The maximum absolute atomic E-state index is 13.1. The molecule has 0 radical (unpaired) electrons. The van der Waals surface area contributed by atoms with Gasteiger partial charge in [-0.3, -0.25) is 0 Å². The molecule has 3 saturated carbocycles. The molecule has 214 valence electrons. The fourth-order valence-corrected chi connectivity index (χ4v) is 9.70. The van der Waals surface area contributed by atoms with Gasteiger partial charge in [0.05, 0.1) is 35.4 Å². The average molecular weight is 547 g/mol. The number of hydrogen-bond acceptors (Lipinski definition) is 10. The predicted octanol–water partition coefficient (Wildman–Crippen LogP) is 0.892. The van der Waals surface area contributed by atoms with Gasteiger partial charge in [0, 0.05) is 30.3 Å². The molecule has 13 atom stereocenters. The third-order valence-electron chi connectivity index (χ3n) is 11.6. The Labute approximate surface area is 226 Å². The molecule has 3 aliphatic heterocycles. The Bertz CT molecular complexity index is 1150. The Morgan fingerprint density at radius 1 is 1.10 bits per heavy atom. The second kappa shape index (κ2) is 8.44. The highest BCUT2D eigenvalue weighted by atomic mass is 16.8. The number of hydrogen-bond donors (Lipinski definition) is 4. The van der Waals surface area contributed by atoms with E-state index >= 15 is 0 Å². The highest BCUT2D eigenvalue weighted by Gasteiger charge is 2.71. The van der Waals surface area contributed by atoms with Gasteiger partial charge in [0.15, 0.2) is 0 Å². The zero-order chi connectivity index (χ0) is 27.5. The van der Waals surface area contributed by atoms with Gasteiger partial charge < -0.3 is 44.2 Å². The molecule has 10 nitrogen and oxygen atoms in total. The van der Waals surface area contributed by atoms with Crippen LogP contribution in [0, 0.1) is 28.6 Å². The van der Waals surface area contributed by atoms with Crippen LogP contribution in [0.4, 0.5) is 0 Å². The number of allylic oxidation sites excluding steroid dienone is 1. The molecular weight excluding hydrogens is 508 g/mol. The zero-order valence-corrected chi connectivity index (χ0v) is 22.3. The van der Waals surface area contributed by atoms with Gasteiger partial charge in [-0.25, -0.2) is 4.79 Å². The van der Waals surface area contributed by atoms with E-state index in [1.165, 1.54) is 6.08 Å². The second-order valence-corrected chi connectivity index (χ2v) is 13.3. The van der Waals surface area contributed by atoms with Crippen LogP contribution in [0.2, 0.25) is 0 Å². The van der Waals surface area contributed by atoms with Crippen molar-refractivity contribution >= 4 is 12.3 Å². The summed E-state index contributed by atoms with van der Waals surface area (Å²) in [5.41, 5.74) is -1.18.